The van der Waals surface area contributed by atoms with E-state index in [0.717, 1.165) is 42.9 Å². The largest absolute Gasteiger partial charge is 0.379 e. The zero-order valence-electron chi connectivity index (χ0n) is 18.8. The molecule has 0 atom stereocenters. The van der Waals surface area contributed by atoms with Gasteiger partial charge >= 0.3 is 0 Å². The number of halogens is 1. The van der Waals surface area contributed by atoms with E-state index in [9.17, 15) is 22.4 Å². The number of carbonyl (C=O) groups is 2. The molecule has 9 nitrogen and oxygen atoms in total. The van der Waals surface area contributed by atoms with Gasteiger partial charge in [-0.25, -0.2) is 17.5 Å². The number of nitrogens with one attached hydrogen (secondary N) is 3. The maximum atomic E-state index is 13.0. The molecule has 0 aliphatic carbocycles. The molecule has 0 saturated carbocycles. The van der Waals surface area contributed by atoms with Crippen molar-refractivity contribution in [1.82, 2.24) is 14.9 Å². The number of benzene rings is 2. The lowest BCUT2D eigenvalue weighted by atomic mass is 10.2. The van der Waals surface area contributed by atoms with Gasteiger partial charge < -0.3 is 15.4 Å². The highest BCUT2D eigenvalue weighted by molar-refractivity contribution is 7.89. The third-order valence-electron chi connectivity index (χ3n) is 5.23. The Bertz CT molecular complexity index is 1070. The Morgan fingerprint density at radius 3 is 2.47 bits per heavy atom. The number of rotatable bonds is 11. The van der Waals surface area contributed by atoms with E-state index >= 15 is 0 Å². The lowest BCUT2D eigenvalue weighted by Crippen LogP contribution is -2.38. The van der Waals surface area contributed by atoms with Crippen LogP contribution in [-0.4, -0.2) is 64.5 Å². The van der Waals surface area contributed by atoms with Crippen LogP contribution in [0.25, 0.3) is 0 Å². The molecule has 2 aromatic rings. The quantitative estimate of drug-likeness (QED) is 0.438. The summed E-state index contributed by atoms with van der Waals surface area (Å²) in [6.07, 6.45) is 0.327. The molecule has 34 heavy (non-hydrogen) atoms. The second-order valence-electron chi connectivity index (χ2n) is 7.83. The van der Waals surface area contributed by atoms with Gasteiger partial charge in [0.2, 0.25) is 21.8 Å². The number of hydrogen-bond donors (Lipinski definition) is 3. The van der Waals surface area contributed by atoms with Crippen molar-refractivity contribution in [3.05, 3.63) is 59.9 Å². The van der Waals surface area contributed by atoms with Crippen LogP contribution in [0.4, 0.5) is 10.1 Å². The van der Waals surface area contributed by atoms with Gasteiger partial charge in [-0.3, -0.25) is 14.5 Å². The number of anilines is 1. The summed E-state index contributed by atoms with van der Waals surface area (Å²) >= 11 is 0. The van der Waals surface area contributed by atoms with Crippen LogP contribution in [0.5, 0.6) is 0 Å². The van der Waals surface area contributed by atoms with Crippen molar-refractivity contribution in [2.24, 2.45) is 0 Å². The highest BCUT2D eigenvalue weighted by Crippen LogP contribution is 2.12. The summed E-state index contributed by atoms with van der Waals surface area (Å²) in [6, 6.07) is 11.6. The molecule has 0 bridgehead atoms. The van der Waals surface area contributed by atoms with Gasteiger partial charge in [0.25, 0.3) is 0 Å². The predicted molar refractivity (Wildman–Crippen MR) is 125 cm³/mol. The van der Waals surface area contributed by atoms with E-state index in [1.54, 1.807) is 18.2 Å². The highest BCUT2D eigenvalue weighted by Gasteiger charge is 2.15. The summed E-state index contributed by atoms with van der Waals surface area (Å²) in [7, 11) is -3.82. The third-order valence-corrected chi connectivity index (χ3v) is 6.70. The lowest BCUT2D eigenvalue weighted by Gasteiger charge is -2.26. The molecule has 11 heteroatoms. The Hall–Kier alpha value is -2.86. The fraction of sp³-hybridized carbons (Fsp3) is 0.391. The number of ether oxygens (including phenoxy) is 1. The molecular formula is C23H29FN4O5S. The van der Waals surface area contributed by atoms with Crippen LogP contribution in [0.2, 0.25) is 0 Å². The van der Waals surface area contributed by atoms with Gasteiger partial charge in [0, 0.05) is 51.3 Å². The average Bonchev–Trinajstić information content (AvgIpc) is 2.82. The molecule has 184 valence electrons. The van der Waals surface area contributed by atoms with Crippen molar-refractivity contribution in [3.63, 3.8) is 0 Å². The molecule has 0 aromatic heterocycles. The average molecular weight is 493 g/mol. The number of amides is 2. The molecule has 1 aliphatic heterocycles. The second-order valence-corrected chi connectivity index (χ2v) is 9.60. The molecule has 3 N–H and O–H groups in total. The molecule has 1 aliphatic rings. The van der Waals surface area contributed by atoms with E-state index in [2.05, 4.69) is 20.3 Å². The van der Waals surface area contributed by atoms with Crippen molar-refractivity contribution >= 4 is 27.5 Å². The van der Waals surface area contributed by atoms with Crippen LogP contribution < -0.4 is 15.4 Å². The zero-order chi connectivity index (χ0) is 24.4. The summed E-state index contributed by atoms with van der Waals surface area (Å²) in [6.45, 7) is 3.86. The molecule has 2 aromatic carbocycles. The minimum atomic E-state index is -3.82. The first kappa shape index (κ1) is 25.8. The van der Waals surface area contributed by atoms with Crippen LogP contribution in [0.1, 0.15) is 18.4 Å². The van der Waals surface area contributed by atoms with Gasteiger partial charge in [-0.2, -0.15) is 0 Å². The molecule has 1 heterocycles. The van der Waals surface area contributed by atoms with Gasteiger partial charge in [0.1, 0.15) is 5.82 Å². The van der Waals surface area contributed by atoms with Gasteiger partial charge in [-0.05, 0) is 42.0 Å². The van der Waals surface area contributed by atoms with Gasteiger partial charge in [0.15, 0.2) is 0 Å². The van der Waals surface area contributed by atoms with Crippen molar-refractivity contribution in [3.8, 4) is 0 Å². The topological polar surface area (TPSA) is 117 Å². The van der Waals surface area contributed by atoms with Crippen LogP contribution in [0, 0.1) is 5.82 Å². The first-order chi connectivity index (χ1) is 16.3. The van der Waals surface area contributed by atoms with E-state index in [1.165, 1.54) is 0 Å². The molecule has 0 radical (unpaired) electrons. The fourth-order valence-electron chi connectivity index (χ4n) is 3.35. The van der Waals surface area contributed by atoms with Crippen molar-refractivity contribution < 1.29 is 27.1 Å². The molecule has 3 rings (SSSR count). The number of sulfonamides is 1. The fourth-order valence-corrected chi connectivity index (χ4v) is 4.38. The normalized spacial score (nSPS) is 14.5. The Morgan fingerprint density at radius 1 is 1.00 bits per heavy atom. The molecule has 1 fully saturated rings. The molecular weight excluding hydrogens is 463 g/mol. The Balaban J connectivity index is 1.38. The summed E-state index contributed by atoms with van der Waals surface area (Å²) in [5.74, 6) is -0.946. The van der Waals surface area contributed by atoms with Gasteiger partial charge in [-0.1, -0.05) is 12.1 Å². The Kier molecular flexibility index (Phi) is 9.52. The second kappa shape index (κ2) is 12.6. The van der Waals surface area contributed by atoms with Crippen LogP contribution in [-0.2, 0) is 30.9 Å². The van der Waals surface area contributed by atoms with E-state index in [0.29, 0.717) is 31.9 Å². The third kappa shape index (κ3) is 8.49. The van der Waals surface area contributed by atoms with Gasteiger partial charge in [0.05, 0.1) is 18.1 Å². The summed E-state index contributed by atoms with van der Waals surface area (Å²) in [5, 5.41) is 5.60. The van der Waals surface area contributed by atoms with E-state index < -0.39 is 15.8 Å². The van der Waals surface area contributed by atoms with E-state index in [-0.39, 0.29) is 36.2 Å². The van der Waals surface area contributed by atoms with Crippen molar-refractivity contribution in [2.45, 2.75) is 24.3 Å². The number of nitrogens with zero attached hydrogens (tertiary/aromatic N) is 1. The van der Waals surface area contributed by atoms with Crippen molar-refractivity contribution in [2.75, 3.05) is 44.7 Å². The van der Waals surface area contributed by atoms with E-state index in [4.69, 9.17) is 4.74 Å². The SMILES string of the molecule is O=C(CCNS(=O)(=O)c1ccc(F)cc1)NCc1cccc(NC(=O)CCN2CCOCC2)c1. The monoisotopic (exact) mass is 492 g/mol. The predicted octanol–water partition coefficient (Wildman–Crippen LogP) is 1.47. The number of morpholine rings is 1. The Labute approximate surface area is 198 Å². The zero-order valence-corrected chi connectivity index (χ0v) is 19.6. The number of carbonyl (C=O) groups excluding carboxylic acids is 2. The maximum Gasteiger partial charge on any atom is 0.240 e. The smallest absolute Gasteiger partial charge is 0.240 e. The molecule has 0 spiro atoms. The standard InChI is InChI=1S/C23H29FN4O5S/c24-19-4-6-21(7-5-19)34(31,32)26-10-8-22(29)25-17-18-2-1-3-20(16-18)27-23(30)9-11-28-12-14-33-15-13-28/h1-7,16,26H,8-15,17H2,(H,25,29)(H,27,30). The lowest BCUT2D eigenvalue weighted by molar-refractivity contribution is -0.121. The molecule has 2 amide bonds. The molecule has 0 unspecified atom stereocenters. The summed E-state index contributed by atoms with van der Waals surface area (Å²) in [4.78, 5) is 26.5. The van der Waals surface area contributed by atoms with E-state index in [1.807, 2.05) is 6.07 Å². The summed E-state index contributed by atoms with van der Waals surface area (Å²) in [5.41, 5.74) is 1.44. The first-order valence-corrected chi connectivity index (χ1v) is 12.5. The van der Waals surface area contributed by atoms with Crippen LogP contribution in [0.3, 0.4) is 0 Å². The van der Waals surface area contributed by atoms with Crippen molar-refractivity contribution in [1.29, 1.82) is 0 Å². The highest BCUT2D eigenvalue weighted by atomic mass is 32.2. The summed E-state index contributed by atoms with van der Waals surface area (Å²) < 4.78 is 44.9. The Morgan fingerprint density at radius 2 is 1.74 bits per heavy atom. The minimum absolute atomic E-state index is 0.0572. The minimum Gasteiger partial charge on any atom is -0.379 e. The van der Waals surface area contributed by atoms with Gasteiger partial charge in [-0.15, -0.1) is 0 Å². The van der Waals surface area contributed by atoms with Crippen LogP contribution in [0.15, 0.2) is 53.4 Å². The number of hydrogen-bond acceptors (Lipinski definition) is 6. The first-order valence-electron chi connectivity index (χ1n) is 11.0. The van der Waals surface area contributed by atoms with Crippen LogP contribution >= 0.6 is 0 Å². The maximum absolute atomic E-state index is 13.0. The molecule has 1 saturated heterocycles.